The third kappa shape index (κ3) is 4.10. The molecule has 0 aliphatic rings. The highest BCUT2D eigenvalue weighted by atomic mass is 33.5. The highest BCUT2D eigenvalue weighted by molar-refractivity contribution is 9.09. The lowest BCUT2D eigenvalue weighted by molar-refractivity contribution is 0.414. The lowest BCUT2D eigenvalue weighted by Crippen LogP contribution is -1.80. The highest BCUT2D eigenvalue weighted by Crippen LogP contribution is 2.42. The van der Waals surface area contributed by atoms with Crippen molar-refractivity contribution in [3.63, 3.8) is 0 Å². The summed E-state index contributed by atoms with van der Waals surface area (Å²) in [5.41, 5.74) is 4.32. The van der Waals surface area contributed by atoms with Gasteiger partial charge in [0, 0.05) is 10.6 Å². The second kappa shape index (κ2) is 7.45. The monoisotopic (exact) mass is 351 g/mol. The summed E-state index contributed by atoms with van der Waals surface area (Å²) in [4.78, 5) is 5.60. The molecule has 0 N–H and O–H groups in total. The number of methoxy groups -OCH3 is 1. The average molecular weight is 352 g/mol. The van der Waals surface area contributed by atoms with Crippen molar-refractivity contribution < 1.29 is 4.74 Å². The zero-order valence-electron chi connectivity index (χ0n) is 11.3. The zero-order valence-corrected chi connectivity index (χ0v) is 14.6. The Labute approximate surface area is 139 Å². The van der Waals surface area contributed by atoms with Gasteiger partial charge < -0.3 is 4.74 Å². The van der Waals surface area contributed by atoms with Crippen LogP contribution in [-0.2, 0) is 5.75 Å². The van der Waals surface area contributed by atoms with E-state index < -0.39 is 0 Å². The van der Waals surface area contributed by atoms with Crippen LogP contribution in [0.3, 0.4) is 0 Å². The predicted molar refractivity (Wildman–Crippen MR) is 97.4 cm³/mol. The SMILES string of the molecule is COc1ccc(SSSCc2ccc3scnc3c2)cc1. The van der Waals surface area contributed by atoms with Gasteiger partial charge in [0.25, 0.3) is 0 Å². The lowest BCUT2D eigenvalue weighted by atomic mass is 10.2. The van der Waals surface area contributed by atoms with Crippen LogP contribution in [0, 0.1) is 0 Å². The Balaban J connectivity index is 1.48. The van der Waals surface area contributed by atoms with Crippen molar-refractivity contribution in [3.05, 3.63) is 53.5 Å². The number of rotatable bonds is 6. The van der Waals surface area contributed by atoms with Gasteiger partial charge in [0.15, 0.2) is 0 Å². The third-order valence-corrected chi connectivity index (χ3v) is 7.65. The molecule has 108 valence electrons. The van der Waals surface area contributed by atoms with Crippen LogP contribution in [0.4, 0.5) is 0 Å². The van der Waals surface area contributed by atoms with Crippen LogP contribution in [0.1, 0.15) is 5.56 Å². The van der Waals surface area contributed by atoms with E-state index in [4.69, 9.17) is 4.74 Å². The van der Waals surface area contributed by atoms with Crippen molar-refractivity contribution in [1.29, 1.82) is 0 Å². The summed E-state index contributed by atoms with van der Waals surface area (Å²) in [5.74, 6) is 1.88. The molecule has 0 spiro atoms. The number of nitrogens with zero attached hydrogens (tertiary/aromatic N) is 1. The van der Waals surface area contributed by atoms with Crippen LogP contribution in [0.2, 0.25) is 0 Å². The summed E-state index contributed by atoms with van der Waals surface area (Å²) < 4.78 is 6.41. The second-order valence-electron chi connectivity index (χ2n) is 4.24. The second-order valence-corrected chi connectivity index (χ2v) is 9.27. The fourth-order valence-corrected chi connectivity index (χ4v) is 6.02. The van der Waals surface area contributed by atoms with Crippen molar-refractivity contribution in [2.75, 3.05) is 7.11 Å². The Bertz CT molecular complexity index is 711. The summed E-state index contributed by atoms with van der Waals surface area (Å²) in [6, 6.07) is 14.7. The molecule has 6 heteroatoms. The molecule has 0 fully saturated rings. The van der Waals surface area contributed by atoms with Crippen LogP contribution in [0.5, 0.6) is 5.75 Å². The molecule has 3 rings (SSSR count). The van der Waals surface area contributed by atoms with E-state index >= 15 is 0 Å². The number of thiazole rings is 1. The molecular weight excluding hydrogens is 338 g/mol. The summed E-state index contributed by atoms with van der Waals surface area (Å²) in [6.45, 7) is 0. The molecule has 2 aromatic carbocycles. The number of hydrogen-bond donors (Lipinski definition) is 0. The molecule has 1 heterocycles. The summed E-state index contributed by atoms with van der Waals surface area (Å²) in [7, 11) is 7.10. The van der Waals surface area contributed by atoms with Crippen molar-refractivity contribution >= 4 is 53.0 Å². The first-order valence-electron chi connectivity index (χ1n) is 6.27. The standard InChI is InChI=1S/C15H13NOS4/c1-17-12-3-5-13(6-4-12)20-21-19-9-11-2-7-15-14(8-11)16-10-18-15/h2-8,10H,9H2,1H3. The maximum Gasteiger partial charge on any atom is 0.118 e. The summed E-state index contributed by atoms with van der Waals surface area (Å²) >= 11 is 1.69. The Morgan fingerprint density at radius 1 is 1.14 bits per heavy atom. The van der Waals surface area contributed by atoms with Crippen LogP contribution in [0.25, 0.3) is 10.2 Å². The van der Waals surface area contributed by atoms with E-state index in [0.717, 1.165) is 17.0 Å². The van der Waals surface area contributed by atoms with Crippen LogP contribution < -0.4 is 4.74 Å². The quantitative estimate of drug-likeness (QED) is 0.406. The van der Waals surface area contributed by atoms with Gasteiger partial charge in [0.05, 0.1) is 22.8 Å². The first-order valence-corrected chi connectivity index (χ1v) is 10.8. The smallest absolute Gasteiger partial charge is 0.118 e. The fourth-order valence-electron chi connectivity index (χ4n) is 1.78. The molecule has 0 saturated carbocycles. The molecule has 1 aromatic heterocycles. The van der Waals surface area contributed by atoms with Crippen LogP contribution in [-0.4, -0.2) is 12.1 Å². The number of benzene rings is 2. The van der Waals surface area contributed by atoms with Crippen molar-refractivity contribution in [3.8, 4) is 5.75 Å². The van der Waals surface area contributed by atoms with Crippen LogP contribution in [0.15, 0.2) is 52.9 Å². The number of aromatic nitrogens is 1. The van der Waals surface area contributed by atoms with E-state index in [-0.39, 0.29) is 0 Å². The molecule has 0 bridgehead atoms. The molecular formula is C15H13NOS4. The molecule has 0 aliphatic carbocycles. The predicted octanol–water partition coefficient (Wildman–Crippen LogP) is 5.89. The average Bonchev–Trinajstić information content (AvgIpc) is 3.00. The minimum atomic E-state index is 0.897. The fraction of sp³-hybridized carbons (Fsp3) is 0.133. The first kappa shape index (κ1) is 15.1. The van der Waals surface area contributed by atoms with Gasteiger partial charge in [-0.3, -0.25) is 0 Å². The third-order valence-electron chi connectivity index (χ3n) is 2.86. The van der Waals surface area contributed by atoms with Crippen LogP contribution >= 0.6 is 42.8 Å². The molecule has 0 saturated heterocycles. The van der Waals surface area contributed by atoms with E-state index in [1.54, 1.807) is 39.1 Å². The number of ether oxygens (including phenoxy) is 1. The first-order chi connectivity index (χ1) is 10.3. The van der Waals surface area contributed by atoms with Crippen molar-refractivity contribution in [1.82, 2.24) is 4.98 Å². The van der Waals surface area contributed by atoms with E-state index in [2.05, 4.69) is 35.3 Å². The van der Waals surface area contributed by atoms with E-state index in [1.165, 1.54) is 15.2 Å². The maximum absolute atomic E-state index is 5.15. The van der Waals surface area contributed by atoms with Gasteiger partial charge in [-0.2, -0.15) is 0 Å². The largest absolute Gasteiger partial charge is 0.497 e. The van der Waals surface area contributed by atoms with Gasteiger partial charge in [0.1, 0.15) is 5.75 Å². The molecule has 2 nitrogen and oxygen atoms in total. The molecule has 0 unspecified atom stereocenters. The van der Waals surface area contributed by atoms with Gasteiger partial charge in [-0.05, 0) is 62.6 Å². The van der Waals surface area contributed by atoms with E-state index in [0.29, 0.717) is 0 Å². The Morgan fingerprint density at radius 2 is 2.00 bits per heavy atom. The van der Waals surface area contributed by atoms with Crippen molar-refractivity contribution in [2.45, 2.75) is 10.6 Å². The molecule has 0 radical (unpaired) electrons. The van der Waals surface area contributed by atoms with Gasteiger partial charge in [0.2, 0.25) is 0 Å². The minimum Gasteiger partial charge on any atom is -0.497 e. The zero-order chi connectivity index (χ0) is 14.5. The molecule has 0 amide bonds. The van der Waals surface area contributed by atoms with Gasteiger partial charge in [-0.15, -0.1) is 11.3 Å². The van der Waals surface area contributed by atoms with E-state index in [9.17, 15) is 0 Å². The maximum atomic E-state index is 5.15. The van der Waals surface area contributed by atoms with Gasteiger partial charge in [-0.25, -0.2) is 4.98 Å². The molecule has 21 heavy (non-hydrogen) atoms. The highest BCUT2D eigenvalue weighted by Gasteiger charge is 2.01. The summed E-state index contributed by atoms with van der Waals surface area (Å²) in [5, 5.41) is 0. The summed E-state index contributed by atoms with van der Waals surface area (Å²) in [6.07, 6.45) is 0. The Morgan fingerprint density at radius 3 is 2.81 bits per heavy atom. The molecule has 3 aromatic rings. The molecule has 0 atom stereocenters. The molecule has 0 aliphatic heterocycles. The van der Waals surface area contributed by atoms with Crippen molar-refractivity contribution in [2.24, 2.45) is 0 Å². The van der Waals surface area contributed by atoms with Gasteiger partial charge >= 0.3 is 0 Å². The van der Waals surface area contributed by atoms with E-state index in [1.807, 2.05) is 28.4 Å². The minimum absolute atomic E-state index is 0.897. The van der Waals surface area contributed by atoms with Gasteiger partial charge in [-0.1, -0.05) is 16.9 Å². The normalized spacial score (nSPS) is 10.9. The Hall–Kier alpha value is -0.820. The lowest BCUT2D eigenvalue weighted by Gasteiger charge is -2.03. The number of fused-ring (bicyclic) bond motifs is 1. The number of hydrogen-bond acceptors (Lipinski definition) is 6. The Kier molecular flexibility index (Phi) is 5.35. The topological polar surface area (TPSA) is 22.1 Å².